The summed E-state index contributed by atoms with van der Waals surface area (Å²) in [4.78, 5) is 0. The predicted octanol–water partition coefficient (Wildman–Crippen LogP) is -0.294. The van der Waals surface area contributed by atoms with Crippen molar-refractivity contribution in [3.05, 3.63) is 0 Å². The maximum Gasteiger partial charge on any atom is 0.0609 e. The van der Waals surface area contributed by atoms with Crippen LogP contribution < -0.4 is 0 Å². The molecule has 5 aliphatic carbocycles. The second kappa shape index (κ2) is 1.20. The summed E-state index contributed by atoms with van der Waals surface area (Å²) in [6.45, 7) is 0. The van der Waals surface area contributed by atoms with Crippen molar-refractivity contribution >= 4 is 0 Å². The summed E-state index contributed by atoms with van der Waals surface area (Å²) in [6.07, 6.45) is -0.0400. The lowest BCUT2D eigenvalue weighted by Gasteiger charge is -2.64. The molecule has 4 atom stereocenters. The number of hydrogen-bond acceptors (Lipinski definition) is 2. The highest BCUT2D eigenvalue weighted by Crippen LogP contribution is 2.88. The molecule has 5 aliphatic rings. The third kappa shape index (κ3) is 0.252. The number of aliphatic hydroxyl groups excluding tert-OH is 2. The molecule has 0 aromatic heterocycles. The summed E-state index contributed by atoms with van der Waals surface area (Å²) in [5.41, 5.74) is 0. The van der Waals surface area contributed by atoms with E-state index in [1.54, 1.807) is 0 Å². The van der Waals surface area contributed by atoms with Gasteiger partial charge in [0.1, 0.15) is 0 Å². The first kappa shape index (κ1) is 5.61. The Hall–Kier alpha value is -0.0800. The number of hydrogen-bond donors (Lipinski definition) is 2. The molecule has 0 aromatic rings. The Labute approximate surface area is 70.6 Å². The minimum absolute atomic E-state index is 0.0200. The molecule has 5 rings (SSSR count). The Kier molecular flexibility index (Phi) is 0.561. The summed E-state index contributed by atoms with van der Waals surface area (Å²) >= 11 is 0. The Balaban J connectivity index is 1.80. The highest BCUT2D eigenvalue weighted by molar-refractivity contribution is 5.36. The van der Waals surface area contributed by atoms with Crippen LogP contribution in [0.3, 0.4) is 0 Å². The zero-order chi connectivity index (χ0) is 7.77. The molecule has 0 aromatic carbocycles. The number of aliphatic hydroxyl groups is 2. The highest BCUT2D eigenvalue weighted by Gasteiger charge is 2.89. The molecule has 5 fully saturated rings. The minimum atomic E-state index is -0.0200. The molecule has 4 unspecified atom stereocenters. The van der Waals surface area contributed by atoms with Gasteiger partial charge in [0.05, 0.1) is 12.2 Å². The highest BCUT2D eigenvalue weighted by atomic mass is 16.3. The fraction of sp³-hybridized carbons (Fsp3) is 1.00. The number of fused-ring (bicyclic) bond motifs is 2. The Morgan fingerprint density at radius 2 is 0.667 bits per heavy atom. The van der Waals surface area contributed by atoms with Crippen molar-refractivity contribution in [2.75, 3.05) is 0 Å². The monoisotopic (exact) mass is 164 g/mol. The molecular formula is C10H12O2. The van der Waals surface area contributed by atoms with Crippen molar-refractivity contribution in [3.8, 4) is 0 Å². The Bertz CT molecular complexity index is 228. The predicted molar refractivity (Wildman–Crippen MR) is 39.9 cm³/mol. The van der Waals surface area contributed by atoms with E-state index < -0.39 is 0 Å². The molecular weight excluding hydrogens is 152 g/mol. The van der Waals surface area contributed by atoms with E-state index in [0.717, 1.165) is 23.7 Å². The van der Waals surface area contributed by atoms with Gasteiger partial charge < -0.3 is 10.2 Å². The van der Waals surface area contributed by atoms with Gasteiger partial charge in [-0.3, -0.25) is 0 Å². The van der Waals surface area contributed by atoms with Gasteiger partial charge in [0.2, 0.25) is 0 Å². The smallest absolute Gasteiger partial charge is 0.0609 e. The fourth-order valence-corrected chi connectivity index (χ4v) is 6.00. The average Bonchev–Trinajstić information content (AvgIpc) is 2.26. The molecule has 5 saturated carbocycles. The maximum atomic E-state index is 9.93. The molecule has 64 valence electrons. The van der Waals surface area contributed by atoms with E-state index in [2.05, 4.69) is 0 Å². The van der Waals surface area contributed by atoms with Gasteiger partial charge in [-0.15, -0.1) is 0 Å². The van der Waals surface area contributed by atoms with Crippen LogP contribution in [0, 0.1) is 47.3 Å². The van der Waals surface area contributed by atoms with E-state index in [-0.39, 0.29) is 12.2 Å². The molecule has 0 saturated heterocycles. The van der Waals surface area contributed by atoms with Crippen LogP contribution in [0.5, 0.6) is 0 Å². The van der Waals surface area contributed by atoms with Crippen molar-refractivity contribution in [3.63, 3.8) is 0 Å². The van der Waals surface area contributed by atoms with E-state index in [1.165, 1.54) is 0 Å². The minimum Gasteiger partial charge on any atom is -0.393 e. The van der Waals surface area contributed by atoms with Crippen molar-refractivity contribution < 1.29 is 10.2 Å². The van der Waals surface area contributed by atoms with Crippen LogP contribution in [0.1, 0.15) is 0 Å². The van der Waals surface area contributed by atoms with E-state index in [4.69, 9.17) is 0 Å². The maximum absolute atomic E-state index is 9.93. The standard InChI is InChI=1S/C10H12O2/c11-9-5-1-2-4-3(1)7(9)8(4)10(12)6(2)5/h1-12H. The van der Waals surface area contributed by atoms with Crippen LogP contribution in [-0.4, -0.2) is 22.4 Å². The third-order valence-corrected chi connectivity index (χ3v) is 6.02. The lowest BCUT2D eigenvalue weighted by atomic mass is 9.39. The molecule has 0 radical (unpaired) electrons. The van der Waals surface area contributed by atoms with Crippen LogP contribution in [0.4, 0.5) is 0 Å². The Morgan fingerprint density at radius 1 is 0.417 bits per heavy atom. The lowest BCUT2D eigenvalue weighted by Crippen LogP contribution is -2.62. The van der Waals surface area contributed by atoms with Gasteiger partial charge in [-0.2, -0.15) is 0 Å². The molecule has 2 heteroatoms. The largest absolute Gasteiger partial charge is 0.393 e. The molecule has 0 bridgehead atoms. The second-order valence-electron chi connectivity index (χ2n) is 5.60. The van der Waals surface area contributed by atoms with Gasteiger partial charge in [-0.25, -0.2) is 0 Å². The molecule has 0 spiro atoms. The quantitative estimate of drug-likeness (QED) is 0.516. The summed E-state index contributed by atoms with van der Waals surface area (Å²) < 4.78 is 0. The zero-order valence-corrected chi connectivity index (χ0v) is 6.67. The topological polar surface area (TPSA) is 40.5 Å². The fourth-order valence-electron chi connectivity index (χ4n) is 6.00. The van der Waals surface area contributed by atoms with Crippen molar-refractivity contribution in [1.29, 1.82) is 0 Å². The second-order valence-corrected chi connectivity index (χ2v) is 5.60. The first-order valence-corrected chi connectivity index (χ1v) is 5.18. The van der Waals surface area contributed by atoms with Gasteiger partial charge in [0.15, 0.2) is 0 Å². The van der Waals surface area contributed by atoms with Crippen molar-refractivity contribution in [2.45, 2.75) is 12.2 Å². The van der Waals surface area contributed by atoms with Crippen LogP contribution in [-0.2, 0) is 0 Å². The SMILES string of the molecule is OC1C2C3C(O)C4C1C1C2C3C41. The molecule has 2 N–H and O–H groups in total. The summed E-state index contributed by atoms with van der Waals surface area (Å²) in [7, 11) is 0. The van der Waals surface area contributed by atoms with Crippen LogP contribution in [0.2, 0.25) is 0 Å². The van der Waals surface area contributed by atoms with E-state index in [1.807, 2.05) is 0 Å². The van der Waals surface area contributed by atoms with Gasteiger partial charge >= 0.3 is 0 Å². The van der Waals surface area contributed by atoms with E-state index in [9.17, 15) is 10.2 Å². The van der Waals surface area contributed by atoms with Gasteiger partial charge in [0.25, 0.3) is 0 Å². The van der Waals surface area contributed by atoms with Crippen LogP contribution in [0.25, 0.3) is 0 Å². The van der Waals surface area contributed by atoms with Crippen molar-refractivity contribution in [1.82, 2.24) is 0 Å². The van der Waals surface area contributed by atoms with Crippen LogP contribution >= 0.6 is 0 Å². The number of rotatable bonds is 0. The zero-order valence-electron chi connectivity index (χ0n) is 6.67. The summed E-state index contributed by atoms with van der Waals surface area (Å²) in [6, 6.07) is 0. The first-order chi connectivity index (χ1) is 5.82. The Morgan fingerprint density at radius 3 is 0.917 bits per heavy atom. The molecule has 0 amide bonds. The van der Waals surface area contributed by atoms with Gasteiger partial charge in [-0.05, 0) is 47.3 Å². The first-order valence-electron chi connectivity index (χ1n) is 5.18. The van der Waals surface area contributed by atoms with Crippen molar-refractivity contribution in [2.24, 2.45) is 47.3 Å². The van der Waals surface area contributed by atoms with Gasteiger partial charge in [-0.1, -0.05) is 0 Å². The molecule has 12 heavy (non-hydrogen) atoms. The summed E-state index contributed by atoms with van der Waals surface area (Å²) in [5, 5.41) is 19.9. The molecule has 0 heterocycles. The van der Waals surface area contributed by atoms with Crippen LogP contribution in [0.15, 0.2) is 0 Å². The third-order valence-electron chi connectivity index (χ3n) is 6.02. The summed E-state index contributed by atoms with van der Waals surface area (Å²) in [5.74, 6) is 5.51. The van der Waals surface area contributed by atoms with E-state index in [0.29, 0.717) is 23.7 Å². The lowest BCUT2D eigenvalue weighted by molar-refractivity contribution is -0.183. The molecule has 0 aliphatic heterocycles. The van der Waals surface area contributed by atoms with Gasteiger partial charge in [0, 0.05) is 0 Å². The normalized spacial score (nSPS) is 90.5. The molecule has 2 nitrogen and oxygen atoms in total. The average molecular weight is 164 g/mol. The van der Waals surface area contributed by atoms with E-state index >= 15 is 0 Å².